The number of nitrogens with one attached hydrogen (secondary N) is 1. The lowest BCUT2D eigenvalue weighted by atomic mass is 9.78. The normalized spacial score (nSPS) is 21.3. The van der Waals surface area contributed by atoms with Gasteiger partial charge in [0, 0.05) is 0 Å². The molecule has 1 saturated carbocycles. The van der Waals surface area contributed by atoms with Crippen molar-refractivity contribution in [3.63, 3.8) is 0 Å². The van der Waals surface area contributed by atoms with Gasteiger partial charge in [0.2, 0.25) is 5.91 Å². The first-order valence-electron chi connectivity index (χ1n) is 6.76. The van der Waals surface area contributed by atoms with Crippen molar-refractivity contribution >= 4 is 29.2 Å². The molecule has 21 heavy (non-hydrogen) atoms. The van der Waals surface area contributed by atoms with Gasteiger partial charge in [-0.05, 0) is 31.0 Å². The number of nitrogens with zero attached hydrogens (tertiary/aromatic N) is 1. The zero-order valence-electron chi connectivity index (χ0n) is 11.3. The van der Waals surface area contributed by atoms with Crippen molar-refractivity contribution in [3.8, 4) is 6.07 Å². The van der Waals surface area contributed by atoms with Crippen LogP contribution in [0.2, 0.25) is 5.02 Å². The van der Waals surface area contributed by atoms with Gasteiger partial charge in [-0.3, -0.25) is 9.59 Å². The molecule has 0 spiro atoms. The summed E-state index contributed by atoms with van der Waals surface area (Å²) in [6, 6.07) is 6.54. The fourth-order valence-electron chi connectivity index (χ4n) is 2.66. The molecule has 6 heteroatoms. The molecule has 0 aliphatic heterocycles. The fraction of sp³-hybridized carbons (Fsp3) is 0.400. The maximum absolute atomic E-state index is 12.3. The molecule has 0 bridgehead atoms. The van der Waals surface area contributed by atoms with Gasteiger partial charge in [-0.25, -0.2) is 0 Å². The molecule has 1 amide bonds. The summed E-state index contributed by atoms with van der Waals surface area (Å²) < 4.78 is 0. The van der Waals surface area contributed by atoms with Gasteiger partial charge in [-0.15, -0.1) is 0 Å². The molecule has 1 aromatic carbocycles. The predicted molar refractivity (Wildman–Crippen MR) is 77.9 cm³/mol. The maximum Gasteiger partial charge on any atom is 0.307 e. The Bertz CT molecular complexity index is 609. The van der Waals surface area contributed by atoms with Crippen LogP contribution in [0.15, 0.2) is 18.2 Å². The van der Waals surface area contributed by atoms with Gasteiger partial charge in [-0.1, -0.05) is 24.4 Å². The number of carboxylic acid groups (broad SMARTS) is 1. The quantitative estimate of drug-likeness (QED) is 0.898. The van der Waals surface area contributed by atoms with Gasteiger partial charge in [0.25, 0.3) is 0 Å². The second kappa shape index (κ2) is 6.59. The SMILES string of the molecule is N#Cc1ccc(Cl)c(NC(=O)C2CCCCC2C(=O)O)c1. The zero-order chi connectivity index (χ0) is 15.4. The zero-order valence-corrected chi connectivity index (χ0v) is 12.1. The number of amides is 1. The minimum atomic E-state index is -0.938. The van der Waals surface area contributed by atoms with Crippen LogP contribution in [0.3, 0.4) is 0 Å². The molecule has 0 aromatic heterocycles. The minimum Gasteiger partial charge on any atom is -0.481 e. The molecule has 1 aliphatic carbocycles. The first-order valence-corrected chi connectivity index (χ1v) is 7.14. The highest BCUT2D eigenvalue weighted by Gasteiger charge is 2.35. The Morgan fingerprint density at radius 2 is 1.95 bits per heavy atom. The average Bonchev–Trinajstić information content (AvgIpc) is 2.49. The van der Waals surface area contributed by atoms with Crippen LogP contribution in [-0.4, -0.2) is 17.0 Å². The van der Waals surface area contributed by atoms with Crippen LogP contribution in [0.1, 0.15) is 31.2 Å². The number of rotatable bonds is 3. The lowest BCUT2D eigenvalue weighted by Gasteiger charge is -2.27. The van der Waals surface area contributed by atoms with E-state index in [0.717, 1.165) is 12.8 Å². The molecule has 110 valence electrons. The molecule has 1 aromatic rings. The lowest BCUT2D eigenvalue weighted by molar-refractivity contribution is -0.147. The number of carboxylic acids is 1. The monoisotopic (exact) mass is 306 g/mol. The second-order valence-corrected chi connectivity index (χ2v) is 5.54. The van der Waals surface area contributed by atoms with Crippen LogP contribution in [0, 0.1) is 23.2 Å². The van der Waals surface area contributed by atoms with E-state index in [-0.39, 0.29) is 5.91 Å². The molecule has 2 atom stereocenters. The van der Waals surface area contributed by atoms with E-state index < -0.39 is 17.8 Å². The number of nitriles is 1. The van der Waals surface area contributed by atoms with E-state index in [1.807, 2.05) is 6.07 Å². The van der Waals surface area contributed by atoms with Gasteiger partial charge in [0.15, 0.2) is 0 Å². The van der Waals surface area contributed by atoms with E-state index in [4.69, 9.17) is 16.9 Å². The van der Waals surface area contributed by atoms with Crippen molar-refractivity contribution in [2.75, 3.05) is 5.32 Å². The van der Waals surface area contributed by atoms with E-state index in [1.165, 1.54) is 12.1 Å². The summed E-state index contributed by atoms with van der Waals surface area (Å²) in [7, 11) is 0. The summed E-state index contributed by atoms with van der Waals surface area (Å²) in [4.78, 5) is 23.6. The largest absolute Gasteiger partial charge is 0.481 e. The molecule has 1 fully saturated rings. The van der Waals surface area contributed by atoms with Crippen molar-refractivity contribution < 1.29 is 14.7 Å². The number of carbonyl (C=O) groups is 2. The van der Waals surface area contributed by atoms with Crippen LogP contribution in [0.5, 0.6) is 0 Å². The summed E-state index contributed by atoms with van der Waals surface area (Å²) in [6.07, 6.45) is 2.73. The number of aliphatic carboxylic acids is 1. The molecular weight excluding hydrogens is 292 g/mol. The van der Waals surface area contributed by atoms with Gasteiger partial charge < -0.3 is 10.4 Å². The summed E-state index contributed by atoms with van der Waals surface area (Å²) in [5.74, 6) is -2.50. The highest BCUT2D eigenvalue weighted by molar-refractivity contribution is 6.33. The molecule has 2 N–H and O–H groups in total. The Hall–Kier alpha value is -2.06. The Labute approximate surface area is 127 Å². The number of hydrogen-bond donors (Lipinski definition) is 2. The van der Waals surface area contributed by atoms with Crippen molar-refractivity contribution in [3.05, 3.63) is 28.8 Å². The second-order valence-electron chi connectivity index (χ2n) is 5.13. The summed E-state index contributed by atoms with van der Waals surface area (Å²) >= 11 is 5.99. The summed E-state index contributed by atoms with van der Waals surface area (Å²) in [6.45, 7) is 0. The van der Waals surface area contributed by atoms with E-state index in [1.54, 1.807) is 6.07 Å². The third kappa shape index (κ3) is 3.53. The highest BCUT2D eigenvalue weighted by atomic mass is 35.5. The van der Waals surface area contributed by atoms with Crippen LogP contribution in [0.4, 0.5) is 5.69 Å². The molecular formula is C15H15ClN2O3. The minimum absolute atomic E-state index is 0.324. The standard InChI is InChI=1S/C15H15ClN2O3/c16-12-6-5-9(8-17)7-13(12)18-14(19)10-3-1-2-4-11(10)15(20)21/h5-7,10-11H,1-4H2,(H,18,19)(H,20,21). The number of hydrogen-bond acceptors (Lipinski definition) is 3. The first kappa shape index (κ1) is 15.3. The van der Waals surface area contributed by atoms with Crippen LogP contribution in [0.25, 0.3) is 0 Å². The molecule has 0 radical (unpaired) electrons. The Morgan fingerprint density at radius 1 is 1.29 bits per heavy atom. The Balaban J connectivity index is 2.17. The van der Waals surface area contributed by atoms with Gasteiger partial charge in [0.05, 0.1) is 34.2 Å². The fourth-order valence-corrected chi connectivity index (χ4v) is 2.82. The van der Waals surface area contributed by atoms with Crippen molar-refractivity contribution in [1.29, 1.82) is 5.26 Å². The average molecular weight is 307 g/mol. The van der Waals surface area contributed by atoms with Crippen molar-refractivity contribution in [2.24, 2.45) is 11.8 Å². The number of anilines is 1. The number of carbonyl (C=O) groups excluding carboxylic acids is 1. The van der Waals surface area contributed by atoms with Crippen LogP contribution < -0.4 is 5.32 Å². The van der Waals surface area contributed by atoms with E-state index in [0.29, 0.717) is 29.1 Å². The molecule has 2 unspecified atom stereocenters. The van der Waals surface area contributed by atoms with Crippen molar-refractivity contribution in [1.82, 2.24) is 0 Å². The molecule has 2 rings (SSSR count). The lowest BCUT2D eigenvalue weighted by Crippen LogP contribution is -2.36. The van der Waals surface area contributed by atoms with Crippen molar-refractivity contribution in [2.45, 2.75) is 25.7 Å². The maximum atomic E-state index is 12.3. The van der Waals surface area contributed by atoms with Crippen LogP contribution in [-0.2, 0) is 9.59 Å². The first-order chi connectivity index (χ1) is 10.0. The van der Waals surface area contributed by atoms with E-state index in [2.05, 4.69) is 5.32 Å². The third-order valence-electron chi connectivity index (χ3n) is 3.77. The topological polar surface area (TPSA) is 90.2 Å². The smallest absolute Gasteiger partial charge is 0.307 e. The third-order valence-corrected chi connectivity index (χ3v) is 4.10. The molecule has 5 nitrogen and oxygen atoms in total. The molecule has 0 saturated heterocycles. The van der Waals surface area contributed by atoms with Crippen LogP contribution >= 0.6 is 11.6 Å². The van der Waals surface area contributed by atoms with Gasteiger partial charge >= 0.3 is 5.97 Å². The molecule has 0 heterocycles. The van der Waals surface area contributed by atoms with Gasteiger partial charge in [-0.2, -0.15) is 5.26 Å². The Morgan fingerprint density at radius 3 is 2.57 bits per heavy atom. The van der Waals surface area contributed by atoms with Gasteiger partial charge in [0.1, 0.15) is 0 Å². The summed E-state index contributed by atoms with van der Waals surface area (Å²) in [5, 5.41) is 21.1. The predicted octanol–water partition coefficient (Wildman–Crippen LogP) is 3.04. The Kier molecular flexibility index (Phi) is 4.81. The number of halogens is 1. The number of benzene rings is 1. The van der Waals surface area contributed by atoms with E-state index >= 15 is 0 Å². The summed E-state index contributed by atoms with van der Waals surface area (Å²) in [5.41, 5.74) is 0.726. The highest BCUT2D eigenvalue weighted by Crippen LogP contribution is 2.32. The molecule has 1 aliphatic rings. The van der Waals surface area contributed by atoms with E-state index in [9.17, 15) is 14.7 Å².